The summed E-state index contributed by atoms with van der Waals surface area (Å²) in [7, 11) is 0. The summed E-state index contributed by atoms with van der Waals surface area (Å²) in [5, 5.41) is 0. The van der Waals surface area contributed by atoms with Crippen LogP contribution >= 0.6 is 0 Å². The van der Waals surface area contributed by atoms with Gasteiger partial charge in [-0.1, -0.05) is 48.5 Å². The summed E-state index contributed by atoms with van der Waals surface area (Å²) in [6.07, 6.45) is 1.68. The lowest BCUT2D eigenvalue weighted by molar-refractivity contribution is 0.0518. The highest BCUT2D eigenvalue weighted by atomic mass is 16.5. The average molecular weight is 345 g/mol. The van der Waals surface area contributed by atoms with Crippen LogP contribution in [0.15, 0.2) is 65.9 Å². The van der Waals surface area contributed by atoms with Crippen LogP contribution < -0.4 is 0 Å². The van der Waals surface area contributed by atoms with Crippen molar-refractivity contribution in [3.63, 3.8) is 0 Å². The van der Waals surface area contributed by atoms with Gasteiger partial charge in [0.1, 0.15) is 6.33 Å². The number of para-hydroxylation sites is 1. The van der Waals surface area contributed by atoms with E-state index in [4.69, 9.17) is 9.73 Å². The van der Waals surface area contributed by atoms with E-state index in [1.807, 2.05) is 66.1 Å². The largest absolute Gasteiger partial charge is 0.461 e. The van der Waals surface area contributed by atoms with Gasteiger partial charge >= 0.3 is 5.97 Å². The Labute approximate surface area is 152 Å². The number of hydrogen-bond acceptors (Lipinski definition) is 4. The van der Waals surface area contributed by atoms with E-state index in [2.05, 4.69) is 4.98 Å². The smallest absolute Gasteiger partial charge is 0.358 e. The summed E-state index contributed by atoms with van der Waals surface area (Å²) in [4.78, 5) is 21.6. The van der Waals surface area contributed by atoms with Crippen LogP contribution in [0.5, 0.6) is 0 Å². The maximum absolute atomic E-state index is 12.4. The molecule has 4 rings (SSSR count). The molecule has 0 saturated carbocycles. The summed E-state index contributed by atoms with van der Waals surface area (Å²) < 4.78 is 7.13. The number of carbonyl (C=O) groups is 1. The minimum atomic E-state index is -0.413. The van der Waals surface area contributed by atoms with Crippen molar-refractivity contribution in [2.24, 2.45) is 4.99 Å². The zero-order valence-corrected chi connectivity index (χ0v) is 14.7. The zero-order chi connectivity index (χ0) is 18.1. The normalized spacial score (nSPS) is 15.5. The summed E-state index contributed by atoms with van der Waals surface area (Å²) in [5.41, 5.74) is 5.00. The SMILES string of the molecule is CCOC(=O)c1ncn2c1[C@H](C)N=C(c1ccccc1)c1ccccc1-2. The standard InChI is InChI=1S/C21H19N3O2/c1-3-26-21(25)19-20-14(2)23-18(15-9-5-4-6-10-15)16-11-7-8-12-17(16)24(20)13-22-19/h4-14H,3H2,1-2H3/t14-/m0/s1. The second-order valence-electron chi connectivity index (χ2n) is 6.11. The third-order valence-electron chi connectivity index (χ3n) is 4.46. The molecule has 1 aromatic heterocycles. The summed E-state index contributed by atoms with van der Waals surface area (Å²) in [5.74, 6) is -0.413. The molecular formula is C21H19N3O2. The lowest BCUT2D eigenvalue weighted by Crippen LogP contribution is -2.11. The van der Waals surface area contributed by atoms with E-state index < -0.39 is 5.97 Å². The van der Waals surface area contributed by atoms with Crippen molar-refractivity contribution in [1.29, 1.82) is 0 Å². The molecule has 2 heterocycles. The van der Waals surface area contributed by atoms with E-state index in [9.17, 15) is 4.79 Å². The fraction of sp³-hybridized carbons (Fsp3) is 0.190. The number of imidazole rings is 1. The highest BCUT2D eigenvalue weighted by Crippen LogP contribution is 2.32. The van der Waals surface area contributed by atoms with Crippen LogP contribution in [0.1, 0.15) is 47.2 Å². The van der Waals surface area contributed by atoms with Gasteiger partial charge in [-0.15, -0.1) is 0 Å². The Hall–Kier alpha value is -3.21. The van der Waals surface area contributed by atoms with Crippen LogP contribution in [0.3, 0.4) is 0 Å². The molecule has 0 amide bonds. The Morgan fingerprint density at radius 3 is 2.62 bits per heavy atom. The maximum atomic E-state index is 12.4. The molecular weight excluding hydrogens is 326 g/mol. The van der Waals surface area contributed by atoms with Gasteiger partial charge in [0.15, 0.2) is 5.69 Å². The first-order chi connectivity index (χ1) is 12.7. The van der Waals surface area contributed by atoms with Crippen LogP contribution in [0, 0.1) is 0 Å². The molecule has 5 heteroatoms. The Morgan fingerprint density at radius 1 is 1.12 bits per heavy atom. The number of aromatic nitrogens is 2. The fourth-order valence-electron chi connectivity index (χ4n) is 3.34. The van der Waals surface area contributed by atoms with Crippen molar-refractivity contribution < 1.29 is 9.53 Å². The van der Waals surface area contributed by atoms with Gasteiger partial charge in [0.2, 0.25) is 0 Å². The summed E-state index contributed by atoms with van der Waals surface area (Å²) >= 11 is 0. The van der Waals surface area contributed by atoms with E-state index in [1.54, 1.807) is 13.3 Å². The number of ether oxygens (including phenoxy) is 1. The minimum absolute atomic E-state index is 0.237. The van der Waals surface area contributed by atoms with Gasteiger partial charge in [-0.3, -0.25) is 9.56 Å². The van der Waals surface area contributed by atoms with E-state index in [1.165, 1.54) is 0 Å². The zero-order valence-electron chi connectivity index (χ0n) is 14.7. The molecule has 0 bridgehead atoms. The van der Waals surface area contributed by atoms with Crippen LogP contribution in [-0.2, 0) is 4.74 Å². The monoisotopic (exact) mass is 345 g/mol. The van der Waals surface area contributed by atoms with E-state index in [0.717, 1.165) is 28.2 Å². The molecule has 0 N–H and O–H groups in total. The van der Waals surface area contributed by atoms with Crippen molar-refractivity contribution in [3.05, 3.63) is 83.4 Å². The Balaban J connectivity index is 1.95. The van der Waals surface area contributed by atoms with Crippen molar-refractivity contribution in [2.45, 2.75) is 19.9 Å². The number of rotatable bonds is 3. The van der Waals surface area contributed by atoms with Crippen molar-refractivity contribution in [2.75, 3.05) is 6.61 Å². The quantitative estimate of drug-likeness (QED) is 0.675. The van der Waals surface area contributed by atoms with Crippen LogP contribution in [0.25, 0.3) is 5.69 Å². The molecule has 3 aromatic rings. The number of hydrogen-bond donors (Lipinski definition) is 0. The molecule has 0 radical (unpaired) electrons. The van der Waals surface area contributed by atoms with E-state index >= 15 is 0 Å². The number of benzene rings is 2. The number of aliphatic imine (C=N–C) groups is 1. The first kappa shape index (κ1) is 16.3. The Bertz CT molecular complexity index is 990. The predicted octanol–water partition coefficient (Wildman–Crippen LogP) is 3.96. The molecule has 0 unspecified atom stereocenters. The first-order valence-electron chi connectivity index (χ1n) is 8.68. The topological polar surface area (TPSA) is 56.5 Å². The predicted molar refractivity (Wildman–Crippen MR) is 100 cm³/mol. The van der Waals surface area contributed by atoms with Crippen LogP contribution in [0.2, 0.25) is 0 Å². The van der Waals surface area contributed by atoms with Gasteiger partial charge in [0, 0.05) is 11.1 Å². The summed E-state index contributed by atoms with van der Waals surface area (Å²) in [6.45, 7) is 4.08. The van der Waals surface area contributed by atoms with Gasteiger partial charge < -0.3 is 4.74 Å². The molecule has 0 fully saturated rings. The highest BCUT2D eigenvalue weighted by molar-refractivity contribution is 6.15. The van der Waals surface area contributed by atoms with Gasteiger partial charge in [0.05, 0.1) is 29.7 Å². The molecule has 5 nitrogen and oxygen atoms in total. The highest BCUT2D eigenvalue weighted by Gasteiger charge is 2.28. The molecule has 130 valence electrons. The molecule has 1 aliphatic rings. The lowest BCUT2D eigenvalue weighted by Gasteiger charge is -2.11. The van der Waals surface area contributed by atoms with E-state index in [0.29, 0.717) is 12.3 Å². The number of esters is 1. The van der Waals surface area contributed by atoms with Crippen molar-refractivity contribution in [3.8, 4) is 5.69 Å². The van der Waals surface area contributed by atoms with Gasteiger partial charge in [-0.2, -0.15) is 0 Å². The molecule has 0 spiro atoms. The van der Waals surface area contributed by atoms with Gasteiger partial charge in [0.25, 0.3) is 0 Å². The second kappa shape index (κ2) is 6.59. The lowest BCUT2D eigenvalue weighted by atomic mass is 10.0. The first-order valence-corrected chi connectivity index (χ1v) is 8.68. The Morgan fingerprint density at radius 2 is 1.85 bits per heavy atom. The number of carbonyl (C=O) groups excluding carboxylic acids is 1. The van der Waals surface area contributed by atoms with Crippen molar-refractivity contribution >= 4 is 11.7 Å². The van der Waals surface area contributed by atoms with Crippen LogP contribution in [-0.4, -0.2) is 27.8 Å². The van der Waals surface area contributed by atoms with Gasteiger partial charge in [-0.05, 0) is 19.9 Å². The summed E-state index contributed by atoms with van der Waals surface area (Å²) in [6, 6.07) is 17.9. The molecule has 0 saturated heterocycles. The average Bonchev–Trinajstić information content (AvgIpc) is 3.07. The third kappa shape index (κ3) is 2.62. The minimum Gasteiger partial charge on any atom is -0.461 e. The molecule has 2 aromatic carbocycles. The molecule has 1 aliphatic heterocycles. The molecule has 1 atom stereocenters. The van der Waals surface area contributed by atoms with Crippen molar-refractivity contribution in [1.82, 2.24) is 9.55 Å². The maximum Gasteiger partial charge on any atom is 0.358 e. The van der Waals surface area contributed by atoms with Crippen LogP contribution in [0.4, 0.5) is 0 Å². The van der Waals surface area contributed by atoms with Gasteiger partial charge in [-0.25, -0.2) is 9.78 Å². The molecule has 26 heavy (non-hydrogen) atoms. The van der Waals surface area contributed by atoms with E-state index in [-0.39, 0.29) is 6.04 Å². The third-order valence-corrected chi connectivity index (χ3v) is 4.46. The Kier molecular flexibility index (Phi) is 4.13. The second-order valence-corrected chi connectivity index (χ2v) is 6.11. The number of nitrogens with zero attached hydrogens (tertiary/aromatic N) is 3. The number of fused-ring (bicyclic) bond motifs is 3. The molecule has 0 aliphatic carbocycles. The fourth-order valence-corrected chi connectivity index (χ4v) is 3.34.